The lowest BCUT2D eigenvalue weighted by atomic mass is 10.3. The third kappa shape index (κ3) is 10.1. The van der Waals surface area contributed by atoms with E-state index in [0.29, 0.717) is 0 Å². The second-order valence-electron chi connectivity index (χ2n) is 3.47. The Morgan fingerprint density at radius 2 is 1.22 bits per heavy atom. The lowest BCUT2D eigenvalue weighted by Gasteiger charge is -2.01. The molecule has 18 heavy (non-hydrogen) atoms. The average Bonchev–Trinajstić information content (AvgIpc) is 2.25. The van der Waals surface area contributed by atoms with Crippen LogP contribution in [0.4, 0.5) is 0 Å². The highest BCUT2D eigenvalue weighted by molar-refractivity contribution is 5.96. The van der Waals surface area contributed by atoms with Crippen LogP contribution in [-0.2, 0) is 9.59 Å². The summed E-state index contributed by atoms with van der Waals surface area (Å²) in [6.45, 7) is 0.509. The van der Waals surface area contributed by atoms with Crippen molar-refractivity contribution < 1.29 is 9.59 Å². The SMILES string of the molecule is N=C(N)CCNC(=O)/C=C/C(=O)NCCC(=N)N. The zero-order valence-corrected chi connectivity index (χ0v) is 9.95. The van der Waals surface area contributed by atoms with Crippen LogP contribution < -0.4 is 22.1 Å². The first kappa shape index (κ1) is 15.6. The van der Waals surface area contributed by atoms with Crippen LogP contribution >= 0.6 is 0 Å². The molecule has 0 heterocycles. The van der Waals surface area contributed by atoms with Gasteiger partial charge in [0.1, 0.15) is 0 Å². The third-order valence-electron chi connectivity index (χ3n) is 1.77. The van der Waals surface area contributed by atoms with Crippen molar-refractivity contribution in [2.24, 2.45) is 11.5 Å². The predicted octanol–water partition coefficient (Wildman–Crippen LogP) is -1.57. The van der Waals surface area contributed by atoms with Crippen LogP contribution in [0.25, 0.3) is 0 Å². The summed E-state index contributed by atoms with van der Waals surface area (Å²) >= 11 is 0. The number of nitrogens with one attached hydrogen (secondary N) is 4. The van der Waals surface area contributed by atoms with Crippen LogP contribution in [0.1, 0.15) is 12.8 Å². The van der Waals surface area contributed by atoms with E-state index < -0.39 is 11.8 Å². The number of amidine groups is 2. The molecule has 0 bridgehead atoms. The fourth-order valence-corrected chi connectivity index (χ4v) is 0.910. The van der Waals surface area contributed by atoms with Crippen LogP contribution in [0.3, 0.4) is 0 Å². The Balaban J connectivity index is 3.77. The Bertz CT molecular complexity index is 329. The van der Waals surface area contributed by atoms with Gasteiger partial charge in [-0.2, -0.15) is 0 Å². The summed E-state index contributed by atoms with van der Waals surface area (Å²) in [5.74, 6) is -0.890. The molecule has 100 valence electrons. The summed E-state index contributed by atoms with van der Waals surface area (Å²) in [5, 5.41) is 18.8. The lowest BCUT2D eigenvalue weighted by molar-refractivity contribution is -0.118. The van der Waals surface area contributed by atoms with Gasteiger partial charge in [-0.3, -0.25) is 20.4 Å². The van der Waals surface area contributed by atoms with E-state index in [9.17, 15) is 9.59 Å². The van der Waals surface area contributed by atoms with Gasteiger partial charge in [0.05, 0.1) is 11.7 Å². The minimum absolute atomic E-state index is 0.0127. The zero-order chi connectivity index (χ0) is 14.0. The highest BCUT2D eigenvalue weighted by Crippen LogP contribution is 1.79. The molecule has 2 amide bonds. The van der Waals surface area contributed by atoms with Gasteiger partial charge in [0.2, 0.25) is 11.8 Å². The van der Waals surface area contributed by atoms with Gasteiger partial charge in [-0.05, 0) is 0 Å². The maximum Gasteiger partial charge on any atom is 0.244 e. The monoisotopic (exact) mass is 254 g/mol. The second kappa shape index (κ2) is 8.74. The fourth-order valence-electron chi connectivity index (χ4n) is 0.910. The molecule has 0 radical (unpaired) electrons. The van der Waals surface area contributed by atoms with Crippen LogP contribution in [-0.4, -0.2) is 36.6 Å². The molecule has 8 nitrogen and oxygen atoms in total. The van der Waals surface area contributed by atoms with Crippen LogP contribution in [0, 0.1) is 10.8 Å². The molecule has 8 N–H and O–H groups in total. The Morgan fingerprint density at radius 1 is 0.889 bits per heavy atom. The number of amides is 2. The molecule has 0 aromatic heterocycles. The number of nitrogens with two attached hydrogens (primary N) is 2. The van der Waals surface area contributed by atoms with E-state index in [2.05, 4.69) is 10.6 Å². The molecule has 0 unspecified atom stereocenters. The van der Waals surface area contributed by atoms with E-state index >= 15 is 0 Å². The maximum atomic E-state index is 11.2. The van der Waals surface area contributed by atoms with E-state index in [4.69, 9.17) is 22.3 Å². The zero-order valence-electron chi connectivity index (χ0n) is 9.95. The molecule has 0 fully saturated rings. The predicted molar refractivity (Wildman–Crippen MR) is 68.2 cm³/mol. The van der Waals surface area contributed by atoms with E-state index in [1.165, 1.54) is 0 Å². The minimum atomic E-state index is -0.432. The molecule has 0 saturated heterocycles. The summed E-state index contributed by atoms with van der Waals surface area (Å²) in [7, 11) is 0. The molecule has 0 aliphatic rings. The first-order valence-corrected chi connectivity index (χ1v) is 5.31. The third-order valence-corrected chi connectivity index (χ3v) is 1.77. The summed E-state index contributed by atoms with van der Waals surface area (Å²) in [5.41, 5.74) is 10.2. The molecule has 8 heteroatoms. The van der Waals surface area contributed by atoms with E-state index in [1.807, 2.05) is 0 Å². The van der Waals surface area contributed by atoms with Crippen molar-refractivity contribution in [3.63, 3.8) is 0 Å². The molecular weight excluding hydrogens is 236 g/mol. The summed E-state index contributed by atoms with van der Waals surface area (Å²) < 4.78 is 0. The smallest absolute Gasteiger partial charge is 0.244 e. The first-order chi connectivity index (χ1) is 8.41. The highest BCUT2D eigenvalue weighted by Gasteiger charge is 1.99. The van der Waals surface area contributed by atoms with Crippen LogP contribution in [0.5, 0.6) is 0 Å². The topological polar surface area (TPSA) is 158 Å². The maximum absolute atomic E-state index is 11.2. The van der Waals surface area contributed by atoms with Crippen molar-refractivity contribution in [2.75, 3.05) is 13.1 Å². The number of carbonyl (C=O) groups excluding carboxylic acids is 2. The Hall–Kier alpha value is -2.38. The molecule has 0 saturated carbocycles. The van der Waals surface area contributed by atoms with E-state index in [-0.39, 0.29) is 37.6 Å². The molecule has 0 aliphatic heterocycles. The van der Waals surface area contributed by atoms with Crippen LogP contribution in [0.2, 0.25) is 0 Å². The molecule has 0 rings (SSSR count). The van der Waals surface area contributed by atoms with Crippen molar-refractivity contribution >= 4 is 23.5 Å². The summed E-state index contributed by atoms with van der Waals surface area (Å²) in [4.78, 5) is 22.3. The van der Waals surface area contributed by atoms with Gasteiger partial charge in [-0.15, -0.1) is 0 Å². The van der Waals surface area contributed by atoms with Gasteiger partial charge in [0, 0.05) is 38.1 Å². The van der Waals surface area contributed by atoms with Gasteiger partial charge >= 0.3 is 0 Å². The molecule has 0 atom stereocenters. The van der Waals surface area contributed by atoms with Crippen molar-refractivity contribution in [1.82, 2.24) is 10.6 Å². The van der Waals surface area contributed by atoms with Crippen LogP contribution in [0.15, 0.2) is 12.2 Å². The fraction of sp³-hybridized carbons (Fsp3) is 0.400. The number of hydrogen-bond donors (Lipinski definition) is 6. The first-order valence-electron chi connectivity index (χ1n) is 5.31. The molecule has 0 aromatic rings. The van der Waals surface area contributed by atoms with Crippen molar-refractivity contribution in [1.29, 1.82) is 10.8 Å². The highest BCUT2D eigenvalue weighted by atomic mass is 16.2. The molecule has 0 spiro atoms. The van der Waals surface area contributed by atoms with Gasteiger partial charge in [-0.1, -0.05) is 0 Å². The van der Waals surface area contributed by atoms with Gasteiger partial charge in [0.15, 0.2) is 0 Å². The largest absolute Gasteiger partial charge is 0.388 e. The number of carbonyl (C=O) groups is 2. The number of hydrogen-bond acceptors (Lipinski definition) is 4. The summed E-state index contributed by atoms with van der Waals surface area (Å²) in [6, 6.07) is 0. The quantitative estimate of drug-likeness (QED) is 0.175. The molecule has 0 aliphatic carbocycles. The second-order valence-corrected chi connectivity index (χ2v) is 3.47. The minimum Gasteiger partial charge on any atom is -0.388 e. The van der Waals surface area contributed by atoms with E-state index in [0.717, 1.165) is 12.2 Å². The van der Waals surface area contributed by atoms with E-state index in [1.54, 1.807) is 0 Å². The van der Waals surface area contributed by atoms with Crippen molar-refractivity contribution in [3.8, 4) is 0 Å². The van der Waals surface area contributed by atoms with Crippen molar-refractivity contribution in [2.45, 2.75) is 12.8 Å². The van der Waals surface area contributed by atoms with Gasteiger partial charge in [-0.25, -0.2) is 0 Å². The number of rotatable bonds is 8. The Morgan fingerprint density at radius 3 is 1.50 bits per heavy atom. The molecular formula is C10H18N6O2. The Labute approximate surface area is 105 Å². The lowest BCUT2D eigenvalue weighted by Crippen LogP contribution is -2.28. The normalized spacial score (nSPS) is 10.0. The molecule has 0 aromatic carbocycles. The average molecular weight is 254 g/mol. The van der Waals surface area contributed by atoms with Gasteiger partial charge < -0.3 is 22.1 Å². The standard InChI is InChI=1S/C10H18N6O2/c11-7(12)3-5-15-9(17)1-2-10(18)16-6-4-8(13)14/h1-2H,3-6H2,(H3,11,12)(H3,13,14)(H,15,17)(H,16,18)/b2-1+. The van der Waals surface area contributed by atoms with Gasteiger partial charge in [0.25, 0.3) is 0 Å². The summed E-state index contributed by atoms with van der Waals surface area (Å²) in [6.07, 6.45) is 2.71. The van der Waals surface area contributed by atoms with Crippen molar-refractivity contribution in [3.05, 3.63) is 12.2 Å². The Kier molecular flexibility index (Phi) is 7.58.